The summed E-state index contributed by atoms with van der Waals surface area (Å²) in [5.74, 6) is 0.827. The summed E-state index contributed by atoms with van der Waals surface area (Å²) in [6, 6.07) is 3.00. The first-order chi connectivity index (χ1) is 8.76. The lowest BCUT2D eigenvalue weighted by Crippen LogP contribution is -2.53. The summed E-state index contributed by atoms with van der Waals surface area (Å²) in [7, 11) is 2.09. The number of hydrogen-bond acceptors (Lipinski definition) is 3. The summed E-state index contributed by atoms with van der Waals surface area (Å²) in [6.07, 6.45) is 5.36. The molecule has 1 aromatic heterocycles. The fourth-order valence-electron chi connectivity index (χ4n) is 3.69. The van der Waals surface area contributed by atoms with Crippen molar-refractivity contribution in [1.82, 2.24) is 5.32 Å². The molecule has 0 radical (unpaired) electrons. The number of rotatable bonds is 3. The van der Waals surface area contributed by atoms with E-state index in [0.717, 1.165) is 25.2 Å². The second kappa shape index (κ2) is 4.95. The number of nitrogens with one attached hydrogen (secondary N) is 1. The normalized spacial score (nSPS) is 31.0. The van der Waals surface area contributed by atoms with Crippen LogP contribution in [-0.2, 0) is 10.2 Å². The van der Waals surface area contributed by atoms with Crippen LogP contribution in [0.25, 0.3) is 0 Å². The van der Waals surface area contributed by atoms with Crippen LogP contribution in [0.4, 0.5) is 0 Å². The van der Waals surface area contributed by atoms with Gasteiger partial charge in [-0.25, -0.2) is 0 Å². The van der Waals surface area contributed by atoms with Crippen LogP contribution in [0, 0.1) is 12.8 Å². The third-order valence-corrected chi connectivity index (χ3v) is 6.19. The Bertz CT molecular complexity index is 402. The highest BCUT2D eigenvalue weighted by atomic mass is 32.1. The lowest BCUT2D eigenvalue weighted by atomic mass is 9.65. The highest BCUT2D eigenvalue weighted by molar-refractivity contribution is 7.10. The van der Waals surface area contributed by atoms with Crippen molar-refractivity contribution in [3.05, 3.63) is 21.9 Å². The molecule has 2 aliphatic rings. The van der Waals surface area contributed by atoms with E-state index >= 15 is 0 Å². The van der Waals surface area contributed by atoms with E-state index in [1.807, 2.05) is 11.3 Å². The Morgan fingerprint density at radius 1 is 1.28 bits per heavy atom. The van der Waals surface area contributed by atoms with Crippen molar-refractivity contribution in [1.29, 1.82) is 0 Å². The Labute approximate surface area is 114 Å². The topological polar surface area (TPSA) is 21.3 Å². The average Bonchev–Trinajstić information content (AvgIpc) is 2.76. The molecule has 0 atom stereocenters. The molecule has 0 unspecified atom stereocenters. The Morgan fingerprint density at radius 3 is 2.44 bits per heavy atom. The number of thiophene rings is 1. The summed E-state index contributed by atoms with van der Waals surface area (Å²) in [5.41, 5.74) is 1.83. The van der Waals surface area contributed by atoms with Gasteiger partial charge in [-0.05, 0) is 62.6 Å². The number of ether oxygens (including phenoxy) is 1. The molecule has 3 rings (SSSR count). The summed E-state index contributed by atoms with van der Waals surface area (Å²) < 4.78 is 5.61. The second-order valence-electron chi connectivity index (χ2n) is 5.92. The van der Waals surface area contributed by atoms with Gasteiger partial charge in [0.2, 0.25) is 0 Å². The van der Waals surface area contributed by atoms with Gasteiger partial charge in [0.05, 0.1) is 18.6 Å². The van der Waals surface area contributed by atoms with Gasteiger partial charge in [-0.3, -0.25) is 0 Å². The van der Waals surface area contributed by atoms with Gasteiger partial charge >= 0.3 is 0 Å². The first-order valence-corrected chi connectivity index (χ1v) is 7.94. The molecule has 0 spiro atoms. The van der Waals surface area contributed by atoms with Crippen LogP contribution in [0.1, 0.15) is 36.1 Å². The molecular formula is C15H23NOS. The lowest BCUT2D eigenvalue weighted by Gasteiger charge is -2.49. The van der Waals surface area contributed by atoms with E-state index in [1.54, 1.807) is 4.88 Å². The molecule has 1 aliphatic heterocycles. The van der Waals surface area contributed by atoms with Gasteiger partial charge in [0.25, 0.3) is 0 Å². The van der Waals surface area contributed by atoms with Crippen molar-refractivity contribution in [3.63, 3.8) is 0 Å². The van der Waals surface area contributed by atoms with Crippen LogP contribution < -0.4 is 5.32 Å². The van der Waals surface area contributed by atoms with Crippen LogP contribution >= 0.6 is 11.3 Å². The summed E-state index contributed by atoms with van der Waals surface area (Å²) in [5, 5.41) is 5.67. The zero-order valence-corrected chi connectivity index (χ0v) is 12.2. The molecule has 1 N–H and O–H groups in total. The smallest absolute Gasteiger partial charge is 0.0596 e. The van der Waals surface area contributed by atoms with Crippen LogP contribution in [0.2, 0.25) is 0 Å². The van der Waals surface area contributed by atoms with E-state index in [1.165, 1.54) is 31.2 Å². The standard InChI is InChI=1S/C15H23NOS/c1-11-7-8-18-14(11)15(9-17-10-15)12-3-5-13(16-2)6-4-12/h7-8,12-13,16H,3-6,9-10H2,1-2H3. The van der Waals surface area contributed by atoms with Gasteiger partial charge in [0, 0.05) is 10.9 Å². The third kappa shape index (κ3) is 1.93. The lowest BCUT2D eigenvalue weighted by molar-refractivity contribution is -0.0972. The average molecular weight is 265 g/mol. The highest BCUT2D eigenvalue weighted by Gasteiger charge is 2.49. The van der Waals surface area contributed by atoms with Crippen molar-refractivity contribution in [2.24, 2.45) is 5.92 Å². The molecule has 18 heavy (non-hydrogen) atoms. The van der Waals surface area contributed by atoms with Gasteiger partial charge in [-0.2, -0.15) is 0 Å². The van der Waals surface area contributed by atoms with Crippen LogP contribution in [0.3, 0.4) is 0 Å². The summed E-state index contributed by atoms with van der Waals surface area (Å²) in [6.45, 7) is 4.15. The van der Waals surface area contributed by atoms with E-state index < -0.39 is 0 Å². The Balaban J connectivity index is 1.79. The minimum atomic E-state index is 0.358. The SMILES string of the molecule is CNC1CCC(C2(c3sccc3C)COC2)CC1. The zero-order valence-electron chi connectivity index (χ0n) is 11.4. The van der Waals surface area contributed by atoms with E-state index in [2.05, 4.69) is 30.7 Å². The third-order valence-electron chi connectivity index (χ3n) is 4.95. The van der Waals surface area contributed by atoms with Crippen molar-refractivity contribution in [3.8, 4) is 0 Å². The van der Waals surface area contributed by atoms with E-state index in [9.17, 15) is 0 Å². The Hall–Kier alpha value is -0.380. The monoisotopic (exact) mass is 265 g/mol. The predicted octanol–water partition coefficient (Wildman–Crippen LogP) is 3.10. The fourth-order valence-corrected chi connectivity index (χ4v) is 4.87. The molecule has 1 saturated heterocycles. The first kappa shape index (κ1) is 12.6. The van der Waals surface area contributed by atoms with Crippen LogP contribution in [0.5, 0.6) is 0 Å². The van der Waals surface area contributed by atoms with Gasteiger partial charge in [0.1, 0.15) is 0 Å². The van der Waals surface area contributed by atoms with Crippen LogP contribution in [0.15, 0.2) is 11.4 Å². The highest BCUT2D eigenvalue weighted by Crippen LogP contribution is 2.48. The van der Waals surface area contributed by atoms with Gasteiger partial charge < -0.3 is 10.1 Å². The molecule has 2 heterocycles. The zero-order chi connectivity index (χ0) is 12.6. The molecule has 1 saturated carbocycles. The predicted molar refractivity (Wildman–Crippen MR) is 76.4 cm³/mol. The second-order valence-corrected chi connectivity index (χ2v) is 6.84. The van der Waals surface area contributed by atoms with Gasteiger partial charge in [-0.1, -0.05) is 0 Å². The molecule has 2 fully saturated rings. The van der Waals surface area contributed by atoms with E-state index in [-0.39, 0.29) is 0 Å². The molecule has 0 aromatic carbocycles. The first-order valence-electron chi connectivity index (χ1n) is 7.06. The molecule has 0 amide bonds. The van der Waals surface area contributed by atoms with Crippen molar-refractivity contribution >= 4 is 11.3 Å². The van der Waals surface area contributed by atoms with E-state index in [4.69, 9.17) is 4.74 Å². The van der Waals surface area contributed by atoms with Crippen LogP contribution in [-0.4, -0.2) is 26.3 Å². The maximum atomic E-state index is 5.61. The Kier molecular flexibility index (Phi) is 3.48. The number of hydrogen-bond donors (Lipinski definition) is 1. The van der Waals surface area contributed by atoms with Crippen molar-refractivity contribution < 1.29 is 4.74 Å². The van der Waals surface area contributed by atoms with Crippen molar-refractivity contribution in [2.45, 2.75) is 44.1 Å². The maximum Gasteiger partial charge on any atom is 0.0596 e. The quantitative estimate of drug-likeness (QED) is 0.907. The number of aryl methyl sites for hydroxylation is 1. The summed E-state index contributed by atoms with van der Waals surface area (Å²) >= 11 is 1.94. The molecular weight excluding hydrogens is 242 g/mol. The molecule has 3 heteroatoms. The van der Waals surface area contributed by atoms with E-state index in [0.29, 0.717) is 5.41 Å². The minimum absolute atomic E-state index is 0.358. The minimum Gasteiger partial charge on any atom is -0.379 e. The maximum absolute atomic E-state index is 5.61. The van der Waals surface area contributed by atoms with Gasteiger partial charge in [0.15, 0.2) is 0 Å². The Morgan fingerprint density at radius 2 is 2.00 bits per heavy atom. The molecule has 1 aromatic rings. The molecule has 2 nitrogen and oxygen atoms in total. The molecule has 100 valence electrons. The molecule has 1 aliphatic carbocycles. The largest absolute Gasteiger partial charge is 0.379 e. The van der Waals surface area contributed by atoms with Gasteiger partial charge in [-0.15, -0.1) is 11.3 Å². The fraction of sp³-hybridized carbons (Fsp3) is 0.733. The molecule has 0 bridgehead atoms. The van der Waals surface area contributed by atoms with Crippen molar-refractivity contribution in [2.75, 3.05) is 20.3 Å². The summed E-state index contributed by atoms with van der Waals surface area (Å²) in [4.78, 5) is 1.60.